The predicted molar refractivity (Wildman–Crippen MR) is 73.9 cm³/mol. The van der Waals surface area contributed by atoms with Gasteiger partial charge in [-0.3, -0.25) is 4.79 Å². The highest BCUT2D eigenvalue weighted by Crippen LogP contribution is 2.11. The number of carbonyl (C=O) groups is 1. The number of nitrogens with zero attached hydrogens (tertiary/aromatic N) is 1. The predicted octanol–water partition coefficient (Wildman–Crippen LogP) is 1.92. The van der Waals surface area contributed by atoms with Crippen molar-refractivity contribution in [3.8, 4) is 0 Å². The Labute approximate surface area is 113 Å². The topological polar surface area (TPSA) is 32.3 Å². The van der Waals surface area contributed by atoms with Crippen LogP contribution in [0.5, 0.6) is 0 Å². The molecule has 1 aliphatic heterocycles. The summed E-state index contributed by atoms with van der Waals surface area (Å²) in [7, 11) is 0. The summed E-state index contributed by atoms with van der Waals surface area (Å²) < 4.78 is 0. The lowest BCUT2D eigenvalue weighted by Gasteiger charge is -2.34. The molecule has 1 saturated heterocycles. The molecule has 17 heavy (non-hydrogen) atoms. The summed E-state index contributed by atoms with van der Waals surface area (Å²) in [6.45, 7) is 4.80. The van der Waals surface area contributed by atoms with Crippen molar-refractivity contribution in [3.05, 3.63) is 22.4 Å². The van der Waals surface area contributed by atoms with E-state index in [-0.39, 0.29) is 12.4 Å². The Morgan fingerprint density at radius 3 is 3.12 bits per heavy atom. The van der Waals surface area contributed by atoms with Gasteiger partial charge in [-0.1, -0.05) is 0 Å². The number of halogens is 1. The highest BCUT2D eigenvalue weighted by Gasteiger charge is 2.22. The first kappa shape index (κ1) is 14.5. The molecule has 0 unspecified atom stereocenters. The van der Waals surface area contributed by atoms with Crippen LogP contribution in [0.25, 0.3) is 0 Å². The van der Waals surface area contributed by atoms with Gasteiger partial charge in [0.05, 0.1) is 0 Å². The quantitative estimate of drug-likeness (QED) is 0.913. The van der Waals surface area contributed by atoms with Crippen LogP contribution in [0.3, 0.4) is 0 Å². The first-order valence-electron chi connectivity index (χ1n) is 5.78. The molecule has 1 N–H and O–H groups in total. The molecule has 3 nitrogen and oxygen atoms in total. The Morgan fingerprint density at radius 1 is 1.65 bits per heavy atom. The SMILES string of the molecule is C[C@H]1CNCCN1C(=O)CCc1ccsc1.Cl. The molecule has 96 valence electrons. The van der Waals surface area contributed by atoms with Crippen LogP contribution in [0, 0.1) is 0 Å². The number of amides is 1. The first-order valence-corrected chi connectivity index (χ1v) is 6.73. The smallest absolute Gasteiger partial charge is 0.223 e. The van der Waals surface area contributed by atoms with Crippen molar-refractivity contribution in [3.63, 3.8) is 0 Å². The lowest BCUT2D eigenvalue weighted by atomic mass is 10.1. The zero-order valence-corrected chi connectivity index (χ0v) is 11.6. The van der Waals surface area contributed by atoms with Gasteiger partial charge < -0.3 is 10.2 Å². The molecule has 1 atom stereocenters. The van der Waals surface area contributed by atoms with E-state index >= 15 is 0 Å². The highest BCUT2D eigenvalue weighted by molar-refractivity contribution is 7.07. The number of aryl methyl sites for hydroxylation is 1. The van der Waals surface area contributed by atoms with Crippen LogP contribution in [0.2, 0.25) is 0 Å². The van der Waals surface area contributed by atoms with Crippen molar-refractivity contribution in [1.29, 1.82) is 0 Å². The number of piperazine rings is 1. The Kier molecular flexibility index (Phi) is 5.95. The van der Waals surface area contributed by atoms with Gasteiger partial charge in [0, 0.05) is 32.1 Å². The molecule has 1 aromatic rings. The fraction of sp³-hybridized carbons (Fsp3) is 0.583. The van der Waals surface area contributed by atoms with E-state index in [0.29, 0.717) is 18.4 Å². The van der Waals surface area contributed by atoms with Crippen LogP contribution >= 0.6 is 23.7 Å². The molecular formula is C12H19ClN2OS. The summed E-state index contributed by atoms with van der Waals surface area (Å²) in [5, 5.41) is 7.48. The molecule has 5 heteroatoms. The first-order chi connectivity index (χ1) is 7.77. The lowest BCUT2D eigenvalue weighted by molar-refractivity contribution is -0.133. The van der Waals surface area contributed by atoms with Gasteiger partial charge in [0.25, 0.3) is 0 Å². The van der Waals surface area contributed by atoms with Crippen LogP contribution in [0.4, 0.5) is 0 Å². The minimum Gasteiger partial charge on any atom is -0.337 e. The van der Waals surface area contributed by atoms with E-state index in [2.05, 4.69) is 29.1 Å². The lowest BCUT2D eigenvalue weighted by Crippen LogP contribution is -2.52. The van der Waals surface area contributed by atoms with Gasteiger partial charge in [-0.2, -0.15) is 11.3 Å². The summed E-state index contributed by atoms with van der Waals surface area (Å²) in [6.07, 6.45) is 1.51. The fourth-order valence-corrected chi connectivity index (χ4v) is 2.74. The van der Waals surface area contributed by atoms with E-state index in [1.165, 1.54) is 5.56 Å². The number of carbonyl (C=O) groups excluding carboxylic acids is 1. The monoisotopic (exact) mass is 274 g/mol. The summed E-state index contributed by atoms with van der Waals surface area (Å²) in [5.74, 6) is 0.292. The Hall–Kier alpha value is -0.580. The van der Waals surface area contributed by atoms with E-state index in [1.54, 1.807) is 11.3 Å². The van der Waals surface area contributed by atoms with Crippen molar-refractivity contribution in [1.82, 2.24) is 10.2 Å². The number of thiophene rings is 1. The molecular weight excluding hydrogens is 256 g/mol. The average molecular weight is 275 g/mol. The van der Waals surface area contributed by atoms with Gasteiger partial charge in [0.1, 0.15) is 0 Å². The van der Waals surface area contributed by atoms with Crippen LogP contribution in [0.15, 0.2) is 16.8 Å². The molecule has 0 radical (unpaired) electrons. The number of hydrogen-bond acceptors (Lipinski definition) is 3. The van der Waals surface area contributed by atoms with Crippen LogP contribution in [-0.2, 0) is 11.2 Å². The van der Waals surface area contributed by atoms with Crippen molar-refractivity contribution in [2.75, 3.05) is 19.6 Å². The highest BCUT2D eigenvalue weighted by atomic mass is 35.5. The van der Waals surface area contributed by atoms with Gasteiger partial charge in [0.2, 0.25) is 5.91 Å². The van der Waals surface area contributed by atoms with Crippen molar-refractivity contribution >= 4 is 29.7 Å². The maximum absolute atomic E-state index is 12.0. The van der Waals surface area contributed by atoms with E-state index in [4.69, 9.17) is 0 Å². The summed E-state index contributed by atoms with van der Waals surface area (Å²) in [6, 6.07) is 2.43. The van der Waals surface area contributed by atoms with Crippen LogP contribution in [-0.4, -0.2) is 36.5 Å². The second-order valence-corrected chi connectivity index (χ2v) is 5.05. The molecule has 1 aromatic heterocycles. The van der Waals surface area contributed by atoms with Crippen molar-refractivity contribution < 1.29 is 4.79 Å². The molecule has 0 bridgehead atoms. The minimum atomic E-state index is 0. The number of rotatable bonds is 3. The maximum atomic E-state index is 12.0. The molecule has 1 aliphatic rings. The van der Waals surface area contributed by atoms with E-state index in [9.17, 15) is 4.79 Å². The van der Waals surface area contributed by atoms with Crippen LogP contribution < -0.4 is 5.32 Å². The summed E-state index contributed by atoms with van der Waals surface area (Å²) >= 11 is 1.69. The van der Waals surface area contributed by atoms with E-state index in [1.807, 2.05) is 4.90 Å². The standard InChI is InChI=1S/C12H18N2OS.ClH/c1-10-8-13-5-6-14(10)12(15)3-2-11-4-7-16-9-11;/h4,7,9-10,13H,2-3,5-6,8H2,1H3;1H/t10-;/m0./s1. The maximum Gasteiger partial charge on any atom is 0.223 e. The van der Waals surface area contributed by atoms with Crippen molar-refractivity contribution in [2.45, 2.75) is 25.8 Å². The largest absolute Gasteiger partial charge is 0.337 e. The Bertz CT molecular complexity index is 342. The van der Waals surface area contributed by atoms with Gasteiger partial charge in [0.15, 0.2) is 0 Å². The second kappa shape index (κ2) is 6.99. The third-order valence-corrected chi connectivity index (χ3v) is 3.76. The summed E-state index contributed by atoms with van der Waals surface area (Å²) in [5.41, 5.74) is 1.28. The fourth-order valence-electron chi connectivity index (χ4n) is 2.04. The summed E-state index contributed by atoms with van der Waals surface area (Å²) in [4.78, 5) is 14.0. The molecule has 0 aliphatic carbocycles. The normalized spacial score (nSPS) is 19.8. The molecule has 0 aromatic carbocycles. The van der Waals surface area contributed by atoms with Crippen molar-refractivity contribution in [2.24, 2.45) is 0 Å². The third-order valence-electron chi connectivity index (χ3n) is 3.03. The Balaban J connectivity index is 0.00000144. The van der Waals surface area contributed by atoms with Gasteiger partial charge in [-0.25, -0.2) is 0 Å². The number of hydrogen-bond donors (Lipinski definition) is 1. The van der Waals surface area contributed by atoms with Gasteiger partial charge in [-0.15, -0.1) is 12.4 Å². The third kappa shape index (κ3) is 3.98. The Morgan fingerprint density at radius 2 is 2.47 bits per heavy atom. The zero-order valence-electron chi connectivity index (χ0n) is 10.0. The van der Waals surface area contributed by atoms with Gasteiger partial charge in [-0.05, 0) is 35.7 Å². The van der Waals surface area contributed by atoms with Crippen LogP contribution in [0.1, 0.15) is 18.9 Å². The average Bonchev–Trinajstić information content (AvgIpc) is 2.79. The molecule has 1 amide bonds. The number of nitrogens with one attached hydrogen (secondary N) is 1. The minimum absolute atomic E-state index is 0. The molecule has 2 rings (SSSR count). The molecule has 0 spiro atoms. The zero-order chi connectivity index (χ0) is 11.4. The molecule has 2 heterocycles. The van der Waals surface area contributed by atoms with E-state index < -0.39 is 0 Å². The van der Waals surface area contributed by atoms with E-state index in [0.717, 1.165) is 26.1 Å². The second-order valence-electron chi connectivity index (χ2n) is 4.27. The molecule has 0 saturated carbocycles. The molecule has 1 fully saturated rings. The van der Waals surface area contributed by atoms with Gasteiger partial charge >= 0.3 is 0 Å².